The standard InChI is InChI=1S/C16H20N2O2S/c1-11(15(19)18-10-9-17-16(18)20)21-14-8-4-6-12-5-2-3-7-13(12)14/h2-3,5,7,11,14H,4,6,8-10H2,1H3,(H,17,20)/t11-,14+/m1/s1. The van der Waals surface area contributed by atoms with Crippen LogP contribution in [0.15, 0.2) is 24.3 Å². The average molecular weight is 304 g/mol. The lowest BCUT2D eigenvalue weighted by molar-refractivity contribution is -0.126. The van der Waals surface area contributed by atoms with Crippen molar-refractivity contribution in [2.75, 3.05) is 13.1 Å². The fourth-order valence-corrected chi connectivity index (χ4v) is 4.47. The van der Waals surface area contributed by atoms with Crippen molar-refractivity contribution < 1.29 is 9.59 Å². The Morgan fingerprint density at radius 3 is 3.00 bits per heavy atom. The predicted molar refractivity (Wildman–Crippen MR) is 84.3 cm³/mol. The van der Waals surface area contributed by atoms with Gasteiger partial charge in [0.25, 0.3) is 0 Å². The fraction of sp³-hybridized carbons (Fsp3) is 0.500. The van der Waals surface area contributed by atoms with E-state index in [0.29, 0.717) is 18.3 Å². The molecule has 112 valence electrons. The van der Waals surface area contributed by atoms with Crippen molar-refractivity contribution in [1.29, 1.82) is 0 Å². The molecule has 0 saturated carbocycles. The summed E-state index contributed by atoms with van der Waals surface area (Å²) in [5.41, 5.74) is 2.76. The van der Waals surface area contributed by atoms with Crippen LogP contribution in [0.25, 0.3) is 0 Å². The molecule has 1 fully saturated rings. The van der Waals surface area contributed by atoms with E-state index in [-0.39, 0.29) is 17.2 Å². The minimum absolute atomic E-state index is 0.0712. The molecule has 4 nitrogen and oxygen atoms in total. The molecule has 1 aromatic rings. The Hall–Kier alpha value is -1.49. The third-order valence-electron chi connectivity index (χ3n) is 4.15. The Morgan fingerprint density at radius 1 is 1.43 bits per heavy atom. The molecule has 3 rings (SSSR count). The van der Waals surface area contributed by atoms with Crippen molar-refractivity contribution in [2.45, 2.75) is 36.7 Å². The molecule has 0 aromatic heterocycles. The van der Waals surface area contributed by atoms with Gasteiger partial charge in [-0.2, -0.15) is 0 Å². The molecule has 5 heteroatoms. The van der Waals surface area contributed by atoms with Gasteiger partial charge in [0.1, 0.15) is 0 Å². The highest BCUT2D eigenvalue weighted by atomic mass is 32.2. The van der Waals surface area contributed by atoms with Gasteiger partial charge in [-0.25, -0.2) is 4.79 Å². The van der Waals surface area contributed by atoms with Crippen LogP contribution in [0, 0.1) is 0 Å². The smallest absolute Gasteiger partial charge is 0.324 e. The van der Waals surface area contributed by atoms with Crippen LogP contribution in [-0.4, -0.2) is 35.2 Å². The third kappa shape index (κ3) is 2.93. The van der Waals surface area contributed by atoms with E-state index in [9.17, 15) is 9.59 Å². The maximum atomic E-state index is 12.4. The molecule has 1 heterocycles. The molecule has 1 aliphatic carbocycles. The van der Waals surface area contributed by atoms with Crippen LogP contribution in [0.2, 0.25) is 0 Å². The van der Waals surface area contributed by atoms with Gasteiger partial charge in [-0.15, -0.1) is 11.8 Å². The number of nitrogens with one attached hydrogen (secondary N) is 1. The van der Waals surface area contributed by atoms with Crippen molar-refractivity contribution in [3.05, 3.63) is 35.4 Å². The van der Waals surface area contributed by atoms with Gasteiger partial charge in [0.05, 0.1) is 5.25 Å². The summed E-state index contributed by atoms with van der Waals surface area (Å²) in [5, 5.41) is 2.85. The monoisotopic (exact) mass is 304 g/mol. The summed E-state index contributed by atoms with van der Waals surface area (Å²) in [6.07, 6.45) is 3.40. The van der Waals surface area contributed by atoms with Crippen LogP contribution in [-0.2, 0) is 11.2 Å². The molecule has 0 radical (unpaired) electrons. The van der Waals surface area contributed by atoms with Gasteiger partial charge < -0.3 is 5.32 Å². The minimum atomic E-state index is -0.253. The molecular formula is C16H20N2O2S. The second-order valence-electron chi connectivity index (χ2n) is 5.58. The summed E-state index contributed by atoms with van der Waals surface area (Å²) in [6, 6.07) is 8.25. The lowest BCUT2D eigenvalue weighted by Gasteiger charge is -2.28. The van der Waals surface area contributed by atoms with E-state index in [4.69, 9.17) is 0 Å². The fourth-order valence-electron chi connectivity index (χ4n) is 3.06. The summed E-state index contributed by atoms with van der Waals surface area (Å²) in [6.45, 7) is 2.97. The summed E-state index contributed by atoms with van der Waals surface area (Å²) >= 11 is 1.69. The van der Waals surface area contributed by atoms with E-state index < -0.39 is 0 Å². The number of fused-ring (bicyclic) bond motifs is 1. The second-order valence-corrected chi connectivity index (χ2v) is 7.13. The molecule has 1 aromatic carbocycles. The van der Waals surface area contributed by atoms with Crippen LogP contribution in [0.3, 0.4) is 0 Å². The Bertz CT molecular complexity index is 561. The molecule has 0 bridgehead atoms. The van der Waals surface area contributed by atoms with Gasteiger partial charge in [-0.3, -0.25) is 9.69 Å². The molecule has 2 aliphatic rings. The van der Waals surface area contributed by atoms with Crippen molar-refractivity contribution in [1.82, 2.24) is 10.2 Å². The zero-order chi connectivity index (χ0) is 14.8. The molecule has 3 amide bonds. The molecule has 0 unspecified atom stereocenters. The maximum absolute atomic E-state index is 12.4. The van der Waals surface area contributed by atoms with Crippen molar-refractivity contribution in [3.8, 4) is 0 Å². The number of nitrogens with zero attached hydrogens (tertiary/aromatic N) is 1. The Labute approximate surface area is 129 Å². The average Bonchev–Trinajstić information content (AvgIpc) is 2.93. The predicted octanol–water partition coefficient (Wildman–Crippen LogP) is 2.74. The largest absolute Gasteiger partial charge is 0.336 e. The lowest BCUT2D eigenvalue weighted by Crippen LogP contribution is -2.39. The van der Waals surface area contributed by atoms with E-state index in [1.165, 1.54) is 22.4 Å². The normalized spacial score (nSPS) is 22.6. The SMILES string of the molecule is C[C@@H](S[C@H]1CCCc2ccccc21)C(=O)N1CCNC1=O. The van der Waals surface area contributed by atoms with E-state index in [1.54, 1.807) is 11.8 Å². The van der Waals surface area contributed by atoms with Gasteiger partial charge in [0.2, 0.25) is 5.91 Å². The molecule has 0 spiro atoms. The van der Waals surface area contributed by atoms with E-state index in [1.807, 2.05) is 6.92 Å². The topological polar surface area (TPSA) is 49.4 Å². The number of urea groups is 1. The minimum Gasteiger partial charge on any atom is -0.336 e. The first-order valence-corrected chi connectivity index (χ1v) is 8.43. The number of hydrogen-bond acceptors (Lipinski definition) is 3. The number of imide groups is 1. The number of rotatable bonds is 3. The van der Waals surface area contributed by atoms with Crippen LogP contribution in [0.1, 0.15) is 36.1 Å². The Morgan fingerprint density at radius 2 is 2.24 bits per heavy atom. The van der Waals surface area contributed by atoms with Crippen LogP contribution in [0.5, 0.6) is 0 Å². The summed E-state index contributed by atoms with van der Waals surface area (Å²) in [7, 11) is 0. The second kappa shape index (κ2) is 6.10. The number of carbonyl (C=O) groups is 2. The van der Waals surface area contributed by atoms with Gasteiger partial charge >= 0.3 is 6.03 Å². The first kappa shape index (κ1) is 14.4. The van der Waals surface area contributed by atoms with Crippen LogP contribution in [0.4, 0.5) is 4.79 Å². The Balaban J connectivity index is 1.69. The number of thioether (sulfide) groups is 1. The molecule has 1 aliphatic heterocycles. The van der Waals surface area contributed by atoms with Gasteiger partial charge in [-0.1, -0.05) is 24.3 Å². The maximum Gasteiger partial charge on any atom is 0.324 e. The van der Waals surface area contributed by atoms with Gasteiger partial charge in [0.15, 0.2) is 0 Å². The summed E-state index contributed by atoms with van der Waals surface area (Å²) in [5.74, 6) is -0.0712. The molecule has 1 N–H and O–H groups in total. The highest BCUT2D eigenvalue weighted by Crippen LogP contribution is 2.41. The van der Waals surface area contributed by atoms with Crippen LogP contribution < -0.4 is 5.32 Å². The highest BCUT2D eigenvalue weighted by molar-refractivity contribution is 8.00. The number of amides is 3. The van der Waals surface area contributed by atoms with E-state index in [0.717, 1.165) is 12.8 Å². The van der Waals surface area contributed by atoms with Crippen LogP contribution >= 0.6 is 11.8 Å². The van der Waals surface area contributed by atoms with E-state index >= 15 is 0 Å². The molecule has 2 atom stereocenters. The van der Waals surface area contributed by atoms with Gasteiger partial charge in [-0.05, 0) is 37.3 Å². The Kier molecular flexibility index (Phi) is 4.19. The molecular weight excluding hydrogens is 284 g/mol. The number of benzene rings is 1. The number of carbonyl (C=O) groups excluding carboxylic acids is 2. The molecule has 1 saturated heterocycles. The quantitative estimate of drug-likeness (QED) is 0.934. The van der Waals surface area contributed by atoms with Crippen molar-refractivity contribution >= 4 is 23.7 Å². The zero-order valence-corrected chi connectivity index (χ0v) is 13.0. The third-order valence-corrected chi connectivity index (χ3v) is 5.58. The van der Waals surface area contributed by atoms with Gasteiger partial charge in [0, 0.05) is 18.3 Å². The van der Waals surface area contributed by atoms with E-state index in [2.05, 4.69) is 29.6 Å². The highest BCUT2D eigenvalue weighted by Gasteiger charge is 2.32. The lowest BCUT2D eigenvalue weighted by atomic mass is 9.91. The summed E-state index contributed by atoms with van der Waals surface area (Å²) in [4.78, 5) is 25.3. The first-order valence-electron chi connectivity index (χ1n) is 7.49. The molecule has 21 heavy (non-hydrogen) atoms. The first-order chi connectivity index (χ1) is 10.2. The van der Waals surface area contributed by atoms with Crippen molar-refractivity contribution in [3.63, 3.8) is 0 Å². The zero-order valence-electron chi connectivity index (χ0n) is 12.2. The summed E-state index contributed by atoms with van der Waals surface area (Å²) < 4.78 is 0. The van der Waals surface area contributed by atoms with Crippen molar-refractivity contribution in [2.24, 2.45) is 0 Å². The number of aryl methyl sites for hydroxylation is 1. The number of hydrogen-bond donors (Lipinski definition) is 1.